The second-order valence-corrected chi connectivity index (χ2v) is 5.48. The van der Waals surface area contributed by atoms with E-state index in [2.05, 4.69) is 26.1 Å². The van der Waals surface area contributed by atoms with Gasteiger partial charge in [-0.15, -0.1) is 0 Å². The Morgan fingerprint density at radius 1 is 1.36 bits per heavy atom. The second-order valence-electron chi connectivity index (χ2n) is 5.48. The van der Waals surface area contributed by atoms with E-state index in [0.29, 0.717) is 12.0 Å². The van der Waals surface area contributed by atoms with Crippen LogP contribution in [0.5, 0.6) is 0 Å². The van der Waals surface area contributed by atoms with E-state index < -0.39 is 0 Å². The third kappa shape index (κ3) is 1.35. The Hall–Kier alpha value is -0.530. The van der Waals surface area contributed by atoms with Crippen molar-refractivity contribution < 1.29 is 4.79 Å². The molecule has 2 heteroatoms. The zero-order chi connectivity index (χ0) is 10.3. The summed E-state index contributed by atoms with van der Waals surface area (Å²) in [6.45, 7) is 6.84. The molecule has 2 fully saturated rings. The Bertz CT molecular complexity index is 251. The molecule has 1 saturated carbocycles. The maximum atomic E-state index is 11.4. The van der Waals surface area contributed by atoms with Crippen LogP contribution in [0.4, 0.5) is 0 Å². The lowest BCUT2D eigenvalue weighted by Gasteiger charge is -2.44. The first-order valence-electron chi connectivity index (χ1n) is 5.84. The fraction of sp³-hybridized carbons (Fsp3) is 0.917. The van der Waals surface area contributed by atoms with Gasteiger partial charge in [-0.2, -0.15) is 0 Å². The minimum absolute atomic E-state index is 0.263. The minimum Gasteiger partial charge on any atom is -0.353 e. The highest BCUT2D eigenvalue weighted by atomic mass is 16.2. The SMILES string of the molecule is CC1CCC2(CC(=O)NC2C)C(C)C1. The highest BCUT2D eigenvalue weighted by Crippen LogP contribution is 2.50. The lowest BCUT2D eigenvalue weighted by molar-refractivity contribution is -0.120. The monoisotopic (exact) mass is 195 g/mol. The first-order valence-corrected chi connectivity index (χ1v) is 5.84. The molecule has 4 atom stereocenters. The van der Waals surface area contributed by atoms with Crippen molar-refractivity contribution in [2.24, 2.45) is 17.3 Å². The third-order valence-corrected chi connectivity index (χ3v) is 4.57. The molecule has 0 aromatic heterocycles. The van der Waals surface area contributed by atoms with Gasteiger partial charge in [-0.1, -0.05) is 20.3 Å². The number of nitrogens with one attached hydrogen (secondary N) is 1. The molecule has 1 aliphatic carbocycles. The van der Waals surface area contributed by atoms with Crippen molar-refractivity contribution >= 4 is 5.91 Å². The molecule has 14 heavy (non-hydrogen) atoms. The van der Waals surface area contributed by atoms with Crippen molar-refractivity contribution in [2.45, 2.75) is 52.5 Å². The molecule has 4 unspecified atom stereocenters. The fourth-order valence-electron chi connectivity index (χ4n) is 3.51. The quantitative estimate of drug-likeness (QED) is 0.631. The summed E-state index contributed by atoms with van der Waals surface area (Å²) < 4.78 is 0. The summed E-state index contributed by atoms with van der Waals surface area (Å²) >= 11 is 0. The number of hydrogen-bond acceptors (Lipinski definition) is 1. The van der Waals surface area contributed by atoms with Crippen molar-refractivity contribution in [3.8, 4) is 0 Å². The van der Waals surface area contributed by atoms with Crippen LogP contribution in [0, 0.1) is 17.3 Å². The smallest absolute Gasteiger partial charge is 0.220 e. The molecular formula is C12H21NO. The van der Waals surface area contributed by atoms with Gasteiger partial charge >= 0.3 is 0 Å². The van der Waals surface area contributed by atoms with Crippen molar-refractivity contribution in [1.29, 1.82) is 0 Å². The van der Waals surface area contributed by atoms with Gasteiger partial charge in [0.2, 0.25) is 5.91 Å². The van der Waals surface area contributed by atoms with E-state index in [0.717, 1.165) is 12.3 Å². The van der Waals surface area contributed by atoms with Crippen LogP contribution >= 0.6 is 0 Å². The van der Waals surface area contributed by atoms with E-state index in [1.807, 2.05) is 0 Å². The Morgan fingerprint density at radius 3 is 2.57 bits per heavy atom. The molecule has 0 aromatic rings. The minimum atomic E-state index is 0.263. The van der Waals surface area contributed by atoms with Crippen molar-refractivity contribution in [3.63, 3.8) is 0 Å². The summed E-state index contributed by atoms with van der Waals surface area (Å²) in [6.07, 6.45) is 4.58. The molecule has 1 heterocycles. The summed E-state index contributed by atoms with van der Waals surface area (Å²) in [5.41, 5.74) is 0.281. The Kier molecular flexibility index (Phi) is 2.32. The Labute approximate surface area is 86.5 Å². The Morgan fingerprint density at radius 2 is 2.07 bits per heavy atom. The second kappa shape index (κ2) is 3.25. The largest absolute Gasteiger partial charge is 0.353 e. The van der Waals surface area contributed by atoms with Gasteiger partial charge in [-0.05, 0) is 31.6 Å². The lowest BCUT2D eigenvalue weighted by Crippen LogP contribution is -2.42. The average molecular weight is 195 g/mol. The van der Waals surface area contributed by atoms with Gasteiger partial charge in [-0.3, -0.25) is 4.79 Å². The molecule has 2 rings (SSSR count). The van der Waals surface area contributed by atoms with Crippen LogP contribution < -0.4 is 5.32 Å². The molecule has 1 spiro atoms. The number of rotatable bonds is 0. The zero-order valence-corrected chi connectivity index (χ0v) is 9.47. The van der Waals surface area contributed by atoms with Crippen molar-refractivity contribution in [2.75, 3.05) is 0 Å². The van der Waals surface area contributed by atoms with E-state index in [1.165, 1.54) is 19.3 Å². The molecule has 0 aromatic carbocycles. The summed E-state index contributed by atoms with van der Waals surface area (Å²) in [6, 6.07) is 0.387. The standard InChI is InChI=1S/C12H21NO/c1-8-4-5-12(9(2)6-8)7-11(14)13-10(12)3/h8-10H,4-7H2,1-3H3,(H,13,14). The van der Waals surface area contributed by atoms with Crippen LogP contribution in [0.2, 0.25) is 0 Å². The molecule has 1 N–H and O–H groups in total. The van der Waals surface area contributed by atoms with Gasteiger partial charge in [0, 0.05) is 17.9 Å². The third-order valence-electron chi connectivity index (χ3n) is 4.57. The Balaban J connectivity index is 2.19. The molecule has 1 aliphatic heterocycles. The average Bonchev–Trinajstić information content (AvgIpc) is 2.37. The van der Waals surface area contributed by atoms with Crippen molar-refractivity contribution in [3.05, 3.63) is 0 Å². The van der Waals surface area contributed by atoms with E-state index in [9.17, 15) is 4.79 Å². The van der Waals surface area contributed by atoms with E-state index in [4.69, 9.17) is 0 Å². The van der Waals surface area contributed by atoms with Crippen LogP contribution in [-0.2, 0) is 4.79 Å². The van der Waals surface area contributed by atoms with Crippen molar-refractivity contribution in [1.82, 2.24) is 5.32 Å². The first kappa shape index (κ1) is 10.0. The predicted octanol–water partition coefficient (Wildman–Crippen LogP) is 2.34. The fourth-order valence-corrected chi connectivity index (χ4v) is 3.51. The van der Waals surface area contributed by atoms with E-state index in [-0.39, 0.29) is 11.3 Å². The van der Waals surface area contributed by atoms with Gasteiger partial charge in [0.1, 0.15) is 0 Å². The van der Waals surface area contributed by atoms with Gasteiger partial charge < -0.3 is 5.32 Å². The summed E-state index contributed by atoms with van der Waals surface area (Å²) in [4.78, 5) is 11.4. The van der Waals surface area contributed by atoms with E-state index in [1.54, 1.807) is 0 Å². The summed E-state index contributed by atoms with van der Waals surface area (Å²) in [7, 11) is 0. The topological polar surface area (TPSA) is 29.1 Å². The van der Waals surface area contributed by atoms with Crippen LogP contribution in [0.3, 0.4) is 0 Å². The highest BCUT2D eigenvalue weighted by Gasteiger charge is 2.49. The molecule has 0 radical (unpaired) electrons. The molecule has 1 amide bonds. The molecule has 1 saturated heterocycles. The van der Waals surface area contributed by atoms with E-state index >= 15 is 0 Å². The number of carbonyl (C=O) groups excluding carboxylic acids is 1. The number of carbonyl (C=O) groups is 1. The lowest BCUT2D eigenvalue weighted by atomic mass is 9.61. The molecule has 2 aliphatic rings. The molecule has 80 valence electrons. The molecular weight excluding hydrogens is 174 g/mol. The van der Waals surface area contributed by atoms with Crippen LogP contribution in [0.1, 0.15) is 46.5 Å². The normalized spacial score (nSPS) is 48.2. The maximum absolute atomic E-state index is 11.4. The zero-order valence-electron chi connectivity index (χ0n) is 9.47. The summed E-state index contributed by atoms with van der Waals surface area (Å²) in [5.74, 6) is 1.80. The predicted molar refractivity (Wildman–Crippen MR) is 56.8 cm³/mol. The highest BCUT2D eigenvalue weighted by molar-refractivity contribution is 5.80. The van der Waals surface area contributed by atoms with Gasteiger partial charge in [0.05, 0.1) is 0 Å². The van der Waals surface area contributed by atoms with Crippen LogP contribution in [-0.4, -0.2) is 11.9 Å². The maximum Gasteiger partial charge on any atom is 0.220 e. The molecule has 0 bridgehead atoms. The molecule has 2 nitrogen and oxygen atoms in total. The van der Waals surface area contributed by atoms with Gasteiger partial charge in [0.25, 0.3) is 0 Å². The van der Waals surface area contributed by atoms with Crippen LogP contribution in [0.25, 0.3) is 0 Å². The number of amides is 1. The number of hydrogen-bond donors (Lipinski definition) is 1. The summed E-state index contributed by atoms with van der Waals surface area (Å²) in [5, 5.41) is 3.08. The van der Waals surface area contributed by atoms with Gasteiger partial charge in [0.15, 0.2) is 0 Å². The first-order chi connectivity index (χ1) is 6.54. The van der Waals surface area contributed by atoms with Gasteiger partial charge in [-0.25, -0.2) is 0 Å². The van der Waals surface area contributed by atoms with Crippen LogP contribution in [0.15, 0.2) is 0 Å².